The summed E-state index contributed by atoms with van der Waals surface area (Å²) >= 11 is 0. The fourth-order valence-electron chi connectivity index (χ4n) is 1.67. The lowest BCUT2D eigenvalue weighted by Crippen LogP contribution is -2.13. The highest BCUT2D eigenvalue weighted by Crippen LogP contribution is 2.27. The van der Waals surface area contributed by atoms with Gasteiger partial charge in [-0.25, -0.2) is 0 Å². The maximum absolute atomic E-state index is 12.1. The zero-order valence-electron chi connectivity index (χ0n) is 11.0. The van der Waals surface area contributed by atoms with Crippen LogP contribution >= 0.6 is 0 Å². The average molecular weight is 257 g/mol. The van der Waals surface area contributed by atoms with Crippen molar-refractivity contribution in [3.63, 3.8) is 0 Å². The van der Waals surface area contributed by atoms with Crippen LogP contribution in [0.15, 0.2) is 54.6 Å². The summed E-state index contributed by atoms with van der Waals surface area (Å²) in [6.45, 7) is 3.85. The fourth-order valence-corrected chi connectivity index (χ4v) is 1.67. The van der Waals surface area contributed by atoms with Crippen molar-refractivity contribution in [1.82, 2.24) is 0 Å². The van der Waals surface area contributed by atoms with E-state index in [1.807, 2.05) is 50.2 Å². The molecule has 0 amide bonds. The molecule has 0 radical (unpaired) electrons. The molecule has 4 heteroatoms. The van der Waals surface area contributed by atoms with Crippen molar-refractivity contribution in [3.8, 4) is 5.75 Å². The van der Waals surface area contributed by atoms with Crippen LogP contribution in [0.4, 0.5) is 11.4 Å². The van der Waals surface area contributed by atoms with Crippen LogP contribution in [0.2, 0.25) is 0 Å². The highest BCUT2D eigenvalue weighted by molar-refractivity contribution is 5.47. The number of nitrogens with one attached hydrogen (secondary N) is 1. The summed E-state index contributed by atoms with van der Waals surface area (Å²) in [6.07, 6.45) is 0.0197. The van der Waals surface area contributed by atoms with Crippen molar-refractivity contribution in [3.05, 3.63) is 59.5 Å². The zero-order chi connectivity index (χ0) is 13.7. The van der Waals surface area contributed by atoms with E-state index < -0.39 is 0 Å². The minimum Gasteiger partial charge on any atom is -0.484 e. The summed E-state index contributed by atoms with van der Waals surface area (Å²) < 4.78 is 5.62. The largest absolute Gasteiger partial charge is 0.484 e. The van der Waals surface area contributed by atoms with Crippen LogP contribution in [-0.2, 0) is 0 Å². The third-order valence-corrected chi connectivity index (χ3v) is 2.45. The highest BCUT2D eigenvalue weighted by Gasteiger charge is 2.21. The standard InChI is InChI=1S/C15H17N2O2/c1-12(2)19-15-11-7-6-10-14(15)17(18)16-13-8-4-3-5-9-13/h3-12H,1-2H3,(H,16,18)/q+1. The second-order valence-corrected chi connectivity index (χ2v) is 4.41. The lowest BCUT2D eigenvalue weighted by molar-refractivity contribution is -0.428. The number of nitrogens with zero attached hydrogens (tertiary/aromatic N) is 1. The lowest BCUT2D eigenvalue weighted by atomic mass is 10.3. The Labute approximate surface area is 112 Å². The molecule has 0 aliphatic rings. The molecule has 0 atom stereocenters. The topological polar surface area (TPSA) is 41.3 Å². The second kappa shape index (κ2) is 6.00. The summed E-state index contributed by atoms with van der Waals surface area (Å²) in [5.74, 6) is 0.566. The van der Waals surface area contributed by atoms with E-state index in [4.69, 9.17) is 4.74 Å². The van der Waals surface area contributed by atoms with Gasteiger partial charge in [0.25, 0.3) is 0 Å². The first-order chi connectivity index (χ1) is 9.16. The minimum atomic E-state index is 0.0197. The van der Waals surface area contributed by atoms with Gasteiger partial charge in [0.05, 0.1) is 11.0 Å². The van der Waals surface area contributed by atoms with Crippen molar-refractivity contribution in [2.75, 3.05) is 5.43 Å². The predicted molar refractivity (Wildman–Crippen MR) is 75.6 cm³/mol. The van der Waals surface area contributed by atoms with Crippen molar-refractivity contribution in [1.29, 1.82) is 0 Å². The number of hydrogen-bond donors (Lipinski definition) is 1. The predicted octanol–water partition coefficient (Wildman–Crippen LogP) is 3.91. The molecule has 98 valence electrons. The van der Waals surface area contributed by atoms with Crippen molar-refractivity contribution < 1.29 is 9.61 Å². The van der Waals surface area contributed by atoms with E-state index in [1.54, 1.807) is 18.2 Å². The van der Waals surface area contributed by atoms with Crippen LogP contribution < -0.4 is 10.2 Å². The first-order valence-corrected chi connectivity index (χ1v) is 6.21. The van der Waals surface area contributed by atoms with Gasteiger partial charge in [0, 0.05) is 6.07 Å². The van der Waals surface area contributed by atoms with Gasteiger partial charge in [-0.3, -0.25) is 0 Å². The van der Waals surface area contributed by atoms with Crippen LogP contribution in [0.3, 0.4) is 0 Å². The number of para-hydroxylation sites is 3. The van der Waals surface area contributed by atoms with Gasteiger partial charge >= 0.3 is 5.69 Å². The van der Waals surface area contributed by atoms with Gasteiger partial charge in [0.15, 0.2) is 10.6 Å². The van der Waals surface area contributed by atoms with E-state index in [1.165, 1.54) is 0 Å². The molecular weight excluding hydrogens is 240 g/mol. The molecule has 0 bridgehead atoms. The van der Waals surface area contributed by atoms with E-state index in [9.17, 15) is 4.91 Å². The maximum atomic E-state index is 12.1. The van der Waals surface area contributed by atoms with Crippen molar-refractivity contribution >= 4 is 11.4 Å². The number of rotatable bonds is 5. The molecule has 0 saturated heterocycles. The molecular formula is C15H17N2O2+. The van der Waals surface area contributed by atoms with E-state index in [-0.39, 0.29) is 6.10 Å². The second-order valence-electron chi connectivity index (χ2n) is 4.41. The molecule has 0 aliphatic heterocycles. The Morgan fingerprint density at radius 1 is 1.00 bits per heavy atom. The molecule has 0 heterocycles. The summed E-state index contributed by atoms with van der Waals surface area (Å²) in [7, 11) is 0. The molecule has 1 N–H and O–H groups in total. The Kier molecular flexibility index (Phi) is 4.13. The molecule has 0 aromatic heterocycles. The molecule has 0 unspecified atom stereocenters. The van der Waals surface area contributed by atoms with Crippen LogP contribution in [0.1, 0.15) is 13.8 Å². The molecule has 0 saturated carbocycles. The third kappa shape index (κ3) is 3.55. The highest BCUT2D eigenvalue weighted by atomic mass is 16.5. The Balaban J connectivity index is 2.19. The van der Waals surface area contributed by atoms with E-state index >= 15 is 0 Å². The van der Waals surface area contributed by atoms with Gasteiger partial charge in [-0.15, -0.1) is 5.43 Å². The fraction of sp³-hybridized carbons (Fsp3) is 0.200. The minimum absolute atomic E-state index is 0.0197. The quantitative estimate of drug-likeness (QED) is 0.652. The maximum Gasteiger partial charge on any atom is 0.333 e. The normalized spacial score (nSPS) is 10.3. The van der Waals surface area contributed by atoms with E-state index in [2.05, 4.69) is 5.43 Å². The summed E-state index contributed by atoms with van der Waals surface area (Å²) in [4.78, 5) is 12.9. The van der Waals surface area contributed by atoms with Crippen LogP contribution in [0, 0.1) is 4.91 Å². The monoisotopic (exact) mass is 257 g/mol. The van der Waals surface area contributed by atoms with E-state index in [0.717, 1.165) is 5.69 Å². The Morgan fingerprint density at radius 2 is 1.63 bits per heavy atom. The van der Waals surface area contributed by atoms with Crippen molar-refractivity contribution in [2.45, 2.75) is 20.0 Å². The smallest absolute Gasteiger partial charge is 0.333 e. The molecule has 0 aliphatic carbocycles. The summed E-state index contributed by atoms with van der Waals surface area (Å²) in [5, 5.41) is 0. The molecule has 2 rings (SSSR count). The van der Waals surface area contributed by atoms with Crippen LogP contribution in [0.25, 0.3) is 0 Å². The van der Waals surface area contributed by atoms with Gasteiger partial charge in [-0.05, 0) is 32.0 Å². The SMILES string of the molecule is CC(C)Oc1ccccc1[N+](=O)Nc1ccccc1. The molecule has 0 spiro atoms. The average Bonchev–Trinajstić information content (AvgIpc) is 2.39. The Bertz CT molecular complexity index is 553. The Hall–Kier alpha value is -2.36. The van der Waals surface area contributed by atoms with Gasteiger partial charge in [0.2, 0.25) is 0 Å². The zero-order valence-corrected chi connectivity index (χ0v) is 11.0. The molecule has 2 aromatic rings. The molecule has 2 aromatic carbocycles. The number of hydrazine groups is 1. The van der Waals surface area contributed by atoms with Crippen molar-refractivity contribution in [2.24, 2.45) is 0 Å². The first kappa shape index (κ1) is 13.1. The number of benzene rings is 2. The number of ether oxygens (including phenoxy) is 1. The van der Waals surface area contributed by atoms with Crippen LogP contribution in [0.5, 0.6) is 5.75 Å². The molecule has 0 fully saturated rings. The Morgan fingerprint density at radius 3 is 2.32 bits per heavy atom. The van der Waals surface area contributed by atoms with Gasteiger partial charge in [-0.2, -0.15) is 0 Å². The first-order valence-electron chi connectivity index (χ1n) is 6.21. The van der Waals surface area contributed by atoms with Gasteiger partial charge in [-0.1, -0.05) is 30.3 Å². The number of hydrogen-bond acceptors (Lipinski definition) is 2. The molecule has 4 nitrogen and oxygen atoms in total. The number of anilines is 1. The summed E-state index contributed by atoms with van der Waals surface area (Å²) in [6, 6.07) is 16.5. The van der Waals surface area contributed by atoms with Gasteiger partial charge in [0.1, 0.15) is 5.69 Å². The molecule has 19 heavy (non-hydrogen) atoms. The van der Waals surface area contributed by atoms with E-state index in [0.29, 0.717) is 16.3 Å². The lowest BCUT2D eigenvalue weighted by Gasteiger charge is -2.09. The summed E-state index contributed by atoms with van der Waals surface area (Å²) in [5.41, 5.74) is 3.96. The van der Waals surface area contributed by atoms with Gasteiger partial charge < -0.3 is 4.74 Å². The van der Waals surface area contributed by atoms with Crippen LogP contribution in [-0.4, -0.2) is 11.0 Å². The third-order valence-electron chi connectivity index (χ3n) is 2.45. The number of nitroso groups, excluding NO2 is 1.